The Morgan fingerprint density at radius 1 is 1.17 bits per heavy atom. The molecule has 1 aromatic carbocycles. The maximum absolute atomic E-state index is 9.25. The number of hydrogen-bond acceptors (Lipinski definition) is 2. The normalized spacial score (nSPS) is 13.4. The number of nitriles is 1. The van der Waals surface area contributed by atoms with Crippen molar-refractivity contribution in [3.05, 3.63) is 35.4 Å². The van der Waals surface area contributed by atoms with Gasteiger partial charge in [0, 0.05) is 0 Å². The first-order valence-electron chi connectivity index (χ1n) is 6.49. The monoisotopic (exact) mass is 244 g/mol. The van der Waals surface area contributed by atoms with Crippen LogP contribution < -0.4 is 0 Å². The second-order valence-electron chi connectivity index (χ2n) is 6.15. The standard InChI is InChI=1S/C16H24N2/c1-16(2,3)15-8-6-13(7-9-15)14(12-17)10-11-18(4)5/h6-9,14H,10-11H2,1-5H3. The minimum absolute atomic E-state index is 0.00131. The fraction of sp³-hybridized carbons (Fsp3) is 0.562. The Labute approximate surface area is 111 Å². The van der Waals surface area contributed by atoms with Crippen molar-refractivity contribution in [2.75, 3.05) is 20.6 Å². The van der Waals surface area contributed by atoms with Crippen LogP contribution in [0.2, 0.25) is 0 Å². The van der Waals surface area contributed by atoms with Crippen LogP contribution in [0, 0.1) is 11.3 Å². The summed E-state index contributed by atoms with van der Waals surface area (Å²) in [5, 5.41) is 9.25. The predicted molar refractivity (Wildman–Crippen MR) is 76.7 cm³/mol. The number of hydrogen-bond donors (Lipinski definition) is 0. The van der Waals surface area contributed by atoms with Crippen LogP contribution in [-0.2, 0) is 5.41 Å². The molecule has 0 aliphatic rings. The molecule has 1 unspecified atom stereocenters. The fourth-order valence-corrected chi connectivity index (χ4v) is 1.91. The Morgan fingerprint density at radius 2 is 1.72 bits per heavy atom. The molecule has 0 aliphatic carbocycles. The molecule has 0 spiro atoms. The third-order valence-electron chi connectivity index (χ3n) is 3.20. The van der Waals surface area contributed by atoms with Gasteiger partial charge in [-0.15, -0.1) is 0 Å². The first-order valence-corrected chi connectivity index (χ1v) is 6.49. The number of benzene rings is 1. The lowest BCUT2D eigenvalue weighted by molar-refractivity contribution is 0.393. The van der Waals surface area contributed by atoms with Crippen molar-refractivity contribution < 1.29 is 0 Å². The van der Waals surface area contributed by atoms with Crippen molar-refractivity contribution in [1.82, 2.24) is 4.90 Å². The summed E-state index contributed by atoms with van der Waals surface area (Å²) in [7, 11) is 4.08. The summed E-state index contributed by atoms with van der Waals surface area (Å²) in [6.07, 6.45) is 0.887. The van der Waals surface area contributed by atoms with E-state index in [1.807, 2.05) is 14.1 Å². The molecule has 98 valence electrons. The van der Waals surface area contributed by atoms with Crippen molar-refractivity contribution in [2.45, 2.75) is 38.5 Å². The topological polar surface area (TPSA) is 27.0 Å². The van der Waals surface area contributed by atoms with Crippen molar-refractivity contribution in [3.63, 3.8) is 0 Å². The highest BCUT2D eigenvalue weighted by Crippen LogP contribution is 2.25. The van der Waals surface area contributed by atoms with Gasteiger partial charge in [-0.25, -0.2) is 0 Å². The van der Waals surface area contributed by atoms with Gasteiger partial charge in [0.1, 0.15) is 0 Å². The van der Waals surface area contributed by atoms with Crippen LogP contribution in [0.4, 0.5) is 0 Å². The van der Waals surface area contributed by atoms with Crippen molar-refractivity contribution in [1.29, 1.82) is 5.26 Å². The van der Waals surface area contributed by atoms with Crippen LogP contribution in [0.15, 0.2) is 24.3 Å². The second-order valence-corrected chi connectivity index (χ2v) is 6.15. The van der Waals surface area contributed by atoms with Crippen LogP contribution >= 0.6 is 0 Å². The SMILES string of the molecule is CN(C)CCC(C#N)c1ccc(C(C)(C)C)cc1. The third-order valence-corrected chi connectivity index (χ3v) is 3.20. The quantitative estimate of drug-likeness (QED) is 0.810. The van der Waals surface area contributed by atoms with Crippen LogP contribution in [0.1, 0.15) is 44.2 Å². The molecule has 2 nitrogen and oxygen atoms in total. The Hall–Kier alpha value is -1.33. The first kappa shape index (κ1) is 14.7. The molecule has 0 N–H and O–H groups in total. The molecule has 0 radical (unpaired) electrons. The van der Waals surface area contributed by atoms with Crippen LogP contribution in [0.5, 0.6) is 0 Å². The molecule has 0 aromatic heterocycles. The van der Waals surface area contributed by atoms with E-state index in [2.05, 4.69) is 56.0 Å². The predicted octanol–water partition coefficient (Wildman–Crippen LogP) is 3.54. The van der Waals surface area contributed by atoms with E-state index >= 15 is 0 Å². The summed E-state index contributed by atoms with van der Waals surface area (Å²) < 4.78 is 0. The van der Waals surface area contributed by atoms with Gasteiger partial charge in [0.15, 0.2) is 0 Å². The Kier molecular flexibility index (Phi) is 4.93. The van der Waals surface area contributed by atoms with Gasteiger partial charge < -0.3 is 4.90 Å². The molecule has 0 fully saturated rings. The van der Waals surface area contributed by atoms with Gasteiger partial charge in [-0.1, -0.05) is 45.0 Å². The number of nitrogens with zero attached hydrogens (tertiary/aromatic N) is 2. The maximum atomic E-state index is 9.25. The van der Waals surface area contributed by atoms with Crippen LogP contribution in [0.25, 0.3) is 0 Å². The zero-order valence-corrected chi connectivity index (χ0v) is 12.2. The van der Waals surface area contributed by atoms with E-state index in [1.54, 1.807) is 0 Å². The summed E-state index contributed by atoms with van der Waals surface area (Å²) in [4.78, 5) is 2.12. The van der Waals surface area contributed by atoms with Gasteiger partial charge >= 0.3 is 0 Å². The summed E-state index contributed by atoms with van der Waals surface area (Å²) >= 11 is 0. The highest BCUT2D eigenvalue weighted by atomic mass is 15.0. The van der Waals surface area contributed by atoms with E-state index in [9.17, 15) is 5.26 Å². The molecule has 0 aliphatic heterocycles. The molecule has 1 rings (SSSR count). The lowest BCUT2D eigenvalue weighted by Gasteiger charge is -2.20. The van der Waals surface area contributed by atoms with E-state index < -0.39 is 0 Å². The Bertz CT molecular complexity index is 404. The lowest BCUT2D eigenvalue weighted by Crippen LogP contribution is -2.15. The van der Waals surface area contributed by atoms with E-state index in [-0.39, 0.29) is 11.3 Å². The van der Waals surface area contributed by atoms with E-state index in [4.69, 9.17) is 0 Å². The van der Waals surface area contributed by atoms with Gasteiger partial charge in [0.2, 0.25) is 0 Å². The van der Waals surface area contributed by atoms with Crippen molar-refractivity contribution in [3.8, 4) is 6.07 Å². The van der Waals surface area contributed by atoms with Gasteiger partial charge in [-0.3, -0.25) is 0 Å². The molecule has 0 heterocycles. The average molecular weight is 244 g/mol. The molecule has 0 saturated carbocycles. The van der Waals surface area contributed by atoms with Crippen LogP contribution in [0.3, 0.4) is 0 Å². The second kappa shape index (κ2) is 6.02. The maximum Gasteiger partial charge on any atom is 0.0724 e. The number of rotatable bonds is 4. The van der Waals surface area contributed by atoms with Gasteiger partial charge in [-0.05, 0) is 43.6 Å². The highest BCUT2D eigenvalue weighted by Gasteiger charge is 2.15. The van der Waals surface area contributed by atoms with E-state index in [1.165, 1.54) is 5.56 Å². The van der Waals surface area contributed by atoms with Gasteiger partial charge in [-0.2, -0.15) is 5.26 Å². The smallest absolute Gasteiger partial charge is 0.0724 e. The Balaban J connectivity index is 2.80. The molecule has 2 heteroatoms. The largest absolute Gasteiger partial charge is 0.309 e. The highest BCUT2D eigenvalue weighted by molar-refractivity contribution is 5.31. The van der Waals surface area contributed by atoms with E-state index in [0.29, 0.717) is 0 Å². The van der Waals surface area contributed by atoms with Gasteiger partial charge in [0.05, 0.1) is 12.0 Å². The summed E-state index contributed by atoms with van der Waals surface area (Å²) in [5.41, 5.74) is 2.62. The zero-order chi connectivity index (χ0) is 13.8. The molecular formula is C16H24N2. The molecule has 18 heavy (non-hydrogen) atoms. The molecule has 1 atom stereocenters. The average Bonchev–Trinajstić information content (AvgIpc) is 2.29. The van der Waals surface area contributed by atoms with Crippen LogP contribution in [-0.4, -0.2) is 25.5 Å². The Morgan fingerprint density at radius 3 is 2.11 bits per heavy atom. The third kappa shape index (κ3) is 4.16. The first-order chi connectivity index (χ1) is 8.34. The fourth-order valence-electron chi connectivity index (χ4n) is 1.91. The van der Waals surface area contributed by atoms with Gasteiger partial charge in [0.25, 0.3) is 0 Å². The molecular weight excluding hydrogens is 220 g/mol. The summed E-state index contributed by atoms with van der Waals surface area (Å²) in [6.45, 7) is 7.56. The molecule has 1 aromatic rings. The minimum atomic E-state index is 0.00131. The zero-order valence-electron chi connectivity index (χ0n) is 12.2. The molecule has 0 bridgehead atoms. The molecule has 0 saturated heterocycles. The van der Waals surface area contributed by atoms with E-state index in [0.717, 1.165) is 18.5 Å². The summed E-state index contributed by atoms with van der Waals surface area (Å²) in [6, 6.07) is 10.9. The van der Waals surface area contributed by atoms with Crippen molar-refractivity contribution in [2.24, 2.45) is 0 Å². The molecule has 0 amide bonds. The lowest BCUT2D eigenvalue weighted by atomic mass is 9.85. The van der Waals surface area contributed by atoms with Crippen molar-refractivity contribution >= 4 is 0 Å². The minimum Gasteiger partial charge on any atom is -0.309 e. The summed E-state index contributed by atoms with van der Waals surface area (Å²) in [5.74, 6) is 0.00131.